The van der Waals surface area contributed by atoms with Gasteiger partial charge >= 0.3 is 0 Å². The molecule has 0 aromatic heterocycles. The molecule has 1 N–H and O–H groups in total. The van der Waals surface area contributed by atoms with Gasteiger partial charge in [-0.15, -0.1) is 0 Å². The Balaban J connectivity index is 2.52. The number of hydrogen-bond acceptors (Lipinski definition) is 1. The summed E-state index contributed by atoms with van der Waals surface area (Å²) in [4.78, 5) is 0. The summed E-state index contributed by atoms with van der Waals surface area (Å²) in [6, 6.07) is 8.25. The molecule has 0 amide bonds. The first-order valence-corrected chi connectivity index (χ1v) is 4.21. The van der Waals surface area contributed by atoms with Crippen molar-refractivity contribution in [2.75, 3.05) is 6.61 Å². The molecule has 1 heteroatoms. The van der Waals surface area contributed by atoms with Gasteiger partial charge in [-0.2, -0.15) is 0 Å². The van der Waals surface area contributed by atoms with E-state index in [0.29, 0.717) is 0 Å². The van der Waals surface area contributed by atoms with Gasteiger partial charge in [0.15, 0.2) is 0 Å². The van der Waals surface area contributed by atoms with Gasteiger partial charge < -0.3 is 5.11 Å². The topological polar surface area (TPSA) is 20.2 Å². The van der Waals surface area contributed by atoms with E-state index in [0.717, 1.165) is 0 Å². The highest BCUT2D eigenvalue weighted by atomic mass is 16.3. The van der Waals surface area contributed by atoms with Crippen molar-refractivity contribution >= 4 is 5.57 Å². The van der Waals surface area contributed by atoms with Gasteiger partial charge in [-0.05, 0) is 23.6 Å². The van der Waals surface area contributed by atoms with Crippen LogP contribution in [-0.4, -0.2) is 11.7 Å². The van der Waals surface area contributed by atoms with Crippen molar-refractivity contribution in [3.05, 3.63) is 41.5 Å². The average molecular weight is 160 g/mol. The predicted molar refractivity (Wildman–Crippen MR) is 49.9 cm³/mol. The molecule has 1 aromatic rings. The van der Waals surface area contributed by atoms with Gasteiger partial charge in [0.1, 0.15) is 0 Å². The zero-order valence-corrected chi connectivity index (χ0v) is 7.12. The standard InChI is InChI=1S/C11H12O/c1-8-6-9(7-12)11-5-3-2-4-10(8)11/h2-6,9,12H,7H2,1H3. The van der Waals surface area contributed by atoms with E-state index in [1.807, 2.05) is 12.1 Å². The lowest BCUT2D eigenvalue weighted by Gasteiger charge is -2.05. The highest BCUT2D eigenvalue weighted by Gasteiger charge is 2.18. The number of hydrogen-bond donors (Lipinski definition) is 1. The van der Waals surface area contributed by atoms with Crippen LogP contribution in [0.25, 0.3) is 5.57 Å². The lowest BCUT2D eigenvalue weighted by molar-refractivity contribution is 0.284. The van der Waals surface area contributed by atoms with Crippen LogP contribution in [0.15, 0.2) is 30.3 Å². The third kappa shape index (κ3) is 0.978. The second-order valence-corrected chi connectivity index (χ2v) is 3.23. The molecule has 0 fully saturated rings. The van der Waals surface area contributed by atoms with Crippen LogP contribution in [0.4, 0.5) is 0 Å². The molecular formula is C11H12O. The molecule has 2 rings (SSSR count). The van der Waals surface area contributed by atoms with E-state index in [-0.39, 0.29) is 12.5 Å². The average Bonchev–Trinajstić information content (AvgIpc) is 2.44. The zero-order valence-electron chi connectivity index (χ0n) is 7.12. The number of benzene rings is 1. The molecule has 0 heterocycles. The minimum absolute atomic E-state index is 0.217. The second-order valence-electron chi connectivity index (χ2n) is 3.23. The molecule has 1 aromatic carbocycles. The van der Waals surface area contributed by atoms with Gasteiger partial charge in [0.2, 0.25) is 0 Å². The highest BCUT2D eigenvalue weighted by Crippen LogP contribution is 2.34. The SMILES string of the molecule is CC1=CC(CO)c2ccccc21. The van der Waals surface area contributed by atoms with Crippen molar-refractivity contribution < 1.29 is 5.11 Å². The van der Waals surface area contributed by atoms with Gasteiger partial charge in [0.25, 0.3) is 0 Å². The Kier molecular flexibility index (Phi) is 1.74. The Morgan fingerprint density at radius 1 is 1.33 bits per heavy atom. The maximum atomic E-state index is 9.09. The number of allylic oxidation sites excluding steroid dienone is 1. The molecule has 0 saturated heterocycles. The molecule has 0 saturated carbocycles. The molecule has 0 radical (unpaired) electrons. The van der Waals surface area contributed by atoms with Gasteiger partial charge in [0.05, 0.1) is 6.61 Å². The van der Waals surface area contributed by atoms with Crippen molar-refractivity contribution in [1.29, 1.82) is 0 Å². The van der Waals surface area contributed by atoms with Gasteiger partial charge in [-0.25, -0.2) is 0 Å². The van der Waals surface area contributed by atoms with E-state index in [9.17, 15) is 0 Å². The normalized spacial score (nSPS) is 20.5. The smallest absolute Gasteiger partial charge is 0.0534 e. The Labute approximate surface area is 72.4 Å². The number of aliphatic hydroxyl groups excluding tert-OH is 1. The van der Waals surface area contributed by atoms with Gasteiger partial charge in [-0.3, -0.25) is 0 Å². The molecule has 1 nitrogen and oxygen atoms in total. The molecule has 12 heavy (non-hydrogen) atoms. The zero-order chi connectivity index (χ0) is 8.55. The number of rotatable bonds is 1. The van der Waals surface area contributed by atoms with E-state index in [1.165, 1.54) is 16.7 Å². The first-order valence-electron chi connectivity index (χ1n) is 4.21. The summed E-state index contributed by atoms with van der Waals surface area (Å²) >= 11 is 0. The van der Waals surface area contributed by atoms with Crippen LogP contribution < -0.4 is 0 Å². The second kappa shape index (κ2) is 2.76. The van der Waals surface area contributed by atoms with Crippen molar-refractivity contribution in [3.63, 3.8) is 0 Å². The maximum Gasteiger partial charge on any atom is 0.0534 e. The van der Waals surface area contributed by atoms with Crippen molar-refractivity contribution in [1.82, 2.24) is 0 Å². The van der Waals surface area contributed by atoms with E-state index in [2.05, 4.69) is 25.1 Å². The number of aliphatic hydroxyl groups is 1. The molecule has 0 spiro atoms. The van der Waals surface area contributed by atoms with Crippen LogP contribution in [0.2, 0.25) is 0 Å². The first-order chi connectivity index (χ1) is 5.83. The lowest BCUT2D eigenvalue weighted by Crippen LogP contribution is -1.97. The summed E-state index contributed by atoms with van der Waals surface area (Å²) in [5, 5.41) is 9.09. The van der Waals surface area contributed by atoms with Crippen LogP contribution in [0.5, 0.6) is 0 Å². The molecule has 0 bridgehead atoms. The van der Waals surface area contributed by atoms with Crippen molar-refractivity contribution in [2.24, 2.45) is 0 Å². The fourth-order valence-electron chi connectivity index (χ4n) is 1.81. The molecule has 0 aliphatic heterocycles. The monoisotopic (exact) mass is 160 g/mol. The summed E-state index contributed by atoms with van der Waals surface area (Å²) in [6.45, 7) is 2.31. The Morgan fingerprint density at radius 3 is 2.83 bits per heavy atom. The summed E-state index contributed by atoms with van der Waals surface area (Å²) in [6.07, 6.45) is 2.13. The fourth-order valence-corrected chi connectivity index (χ4v) is 1.81. The Hall–Kier alpha value is -1.08. The fraction of sp³-hybridized carbons (Fsp3) is 0.273. The molecule has 1 aliphatic carbocycles. The summed E-state index contributed by atoms with van der Waals surface area (Å²) < 4.78 is 0. The van der Waals surface area contributed by atoms with E-state index < -0.39 is 0 Å². The van der Waals surface area contributed by atoms with E-state index in [1.54, 1.807) is 0 Å². The van der Waals surface area contributed by atoms with Crippen LogP contribution in [-0.2, 0) is 0 Å². The van der Waals surface area contributed by atoms with Crippen LogP contribution in [0.1, 0.15) is 24.0 Å². The van der Waals surface area contributed by atoms with E-state index >= 15 is 0 Å². The first kappa shape index (κ1) is 7.56. The summed E-state index contributed by atoms with van der Waals surface area (Å²) in [5.74, 6) is 0.223. The van der Waals surface area contributed by atoms with Crippen LogP contribution in [0.3, 0.4) is 0 Å². The quantitative estimate of drug-likeness (QED) is 0.667. The molecular weight excluding hydrogens is 148 g/mol. The third-order valence-electron chi connectivity index (χ3n) is 2.43. The molecule has 62 valence electrons. The Morgan fingerprint density at radius 2 is 2.08 bits per heavy atom. The highest BCUT2D eigenvalue weighted by molar-refractivity contribution is 5.73. The number of fused-ring (bicyclic) bond motifs is 1. The summed E-state index contributed by atoms with van der Waals surface area (Å²) in [7, 11) is 0. The minimum atomic E-state index is 0.217. The van der Waals surface area contributed by atoms with Gasteiger partial charge in [0, 0.05) is 5.92 Å². The molecule has 1 unspecified atom stereocenters. The summed E-state index contributed by atoms with van der Waals surface area (Å²) in [5.41, 5.74) is 3.83. The van der Waals surface area contributed by atoms with E-state index in [4.69, 9.17) is 5.11 Å². The lowest BCUT2D eigenvalue weighted by atomic mass is 10.0. The minimum Gasteiger partial charge on any atom is -0.395 e. The van der Waals surface area contributed by atoms with Crippen LogP contribution >= 0.6 is 0 Å². The van der Waals surface area contributed by atoms with Gasteiger partial charge in [-0.1, -0.05) is 30.3 Å². The molecule has 1 atom stereocenters. The molecule has 1 aliphatic rings. The van der Waals surface area contributed by atoms with Crippen LogP contribution in [0, 0.1) is 0 Å². The third-order valence-corrected chi connectivity index (χ3v) is 2.43. The van der Waals surface area contributed by atoms with Crippen molar-refractivity contribution in [3.8, 4) is 0 Å². The maximum absolute atomic E-state index is 9.09. The Bertz CT molecular complexity index is 326. The predicted octanol–water partition coefficient (Wildman–Crippen LogP) is 2.18. The van der Waals surface area contributed by atoms with Crippen molar-refractivity contribution in [2.45, 2.75) is 12.8 Å². The largest absolute Gasteiger partial charge is 0.395 e.